The number of hydrogen-bond donors (Lipinski definition) is 0. The molecule has 3 atom stereocenters. The summed E-state index contributed by atoms with van der Waals surface area (Å²) in [5, 5.41) is 0. The van der Waals surface area contributed by atoms with Gasteiger partial charge in [0.1, 0.15) is 5.75 Å². The van der Waals surface area contributed by atoms with Crippen LogP contribution in [0.3, 0.4) is 0 Å². The summed E-state index contributed by atoms with van der Waals surface area (Å²) in [7, 11) is 1.70. The second-order valence-electron chi connectivity index (χ2n) is 5.79. The van der Waals surface area contributed by atoms with Crippen molar-refractivity contribution in [2.45, 2.75) is 44.6 Å². The molecule has 0 spiro atoms. The average molecular weight is 291 g/mol. The van der Waals surface area contributed by atoms with Crippen molar-refractivity contribution in [3.63, 3.8) is 0 Å². The predicted octanol–water partition coefficient (Wildman–Crippen LogP) is 2.46. The molecule has 3 rings (SSSR count). The second-order valence-corrected chi connectivity index (χ2v) is 5.79. The molecule has 1 aliphatic heterocycles. The van der Waals surface area contributed by atoms with Gasteiger partial charge in [-0.05, 0) is 37.5 Å². The van der Waals surface area contributed by atoms with E-state index in [1.165, 1.54) is 12.0 Å². The number of methoxy groups -OCH3 is 1. The van der Waals surface area contributed by atoms with Crippen molar-refractivity contribution < 1.29 is 14.2 Å². The molecule has 4 heteroatoms. The largest absolute Gasteiger partial charge is 0.497 e. The van der Waals surface area contributed by atoms with E-state index in [0.29, 0.717) is 6.04 Å². The molecule has 21 heavy (non-hydrogen) atoms. The molecule has 3 unspecified atom stereocenters. The van der Waals surface area contributed by atoms with Crippen LogP contribution in [0, 0.1) is 0 Å². The van der Waals surface area contributed by atoms with E-state index in [1.54, 1.807) is 7.11 Å². The number of nitrogens with zero attached hydrogens (tertiary/aromatic N) is 1. The van der Waals surface area contributed by atoms with Crippen LogP contribution in [-0.2, 0) is 16.0 Å². The van der Waals surface area contributed by atoms with Crippen LogP contribution in [0.2, 0.25) is 0 Å². The lowest BCUT2D eigenvalue weighted by Crippen LogP contribution is -2.42. The van der Waals surface area contributed by atoms with E-state index in [-0.39, 0.29) is 12.2 Å². The maximum atomic E-state index is 5.98. The molecule has 116 valence electrons. The van der Waals surface area contributed by atoms with Crippen LogP contribution in [0.15, 0.2) is 24.3 Å². The van der Waals surface area contributed by atoms with Gasteiger partial charge in [0.15, 0.2) is 0 Å². The zero-order valence-electron chi connectivity index (χ0n) is 13.0. The Balaban J connectivity index is 1.70. The van der Waals surface area contributed by atoms with Crippen molar-refractivity contribution in [2.75, 3.05) is 26.9 Å². The van der Waals surface area contributed by atoms with Gasteiger partial charge in [-0.25, -0.2) is 0 Å². The van der Waals surface area contributed by atoms with E-state index >= 15 is 0 Å². The molecule has 1 heterocycles. The van der Waals surface area contributed by atoms with Crippen LogP contribution in [-0.4, -0.2) is 50.0 Å². The zero-order valence-corrected chi connectivity index (χ0v) is 13.0. The molecule has 0 aromatic heterocycles. The van der Waals surface area contributed by atoms with Gasteiger partial charge in [0, 0.05) is 25.7 Å². The SMILES string of the molecule is CCOC1C2CCC1N(Cc1ccc(OC)cc1)CCO2. The van der Waals surface area contributed by atoms with Crippen LogP contribution in [0.25, 0.3) is 0 Å². The van der Waals surface area contributed by atoms with E-state index in [2.05, 4.69) is 24.0 Å². The Hall–Kier alpha value is -1.10. The first-order valence-corrected chi connectivity index (χ1v) is 7.92. The minimum Gasteiger partial charge on any atom is -0.497 e. The fraction of sp³-hybridized carbons (Fsp3) is 0.647. The lowest BCUT2D eigenvalue weighted by atomic mass is 10.1. The predicted molar refractivity (Wildman–Crippen MR) is 81.6 cm³/mol. The zero-order chi connectivity index (χ0) is 14.7. The first-order valence-electron chi connectivity index (χ1n) is 7.92. The Labute approximate surface area is 127 Å². The van der Waals surface area contributed by atoms with E-state index in [9.17, 15) is 0 Å². The highest BCUT2D eigenvalue weighted by molar-refractivity contribution is 5.27. The summed E-state index contributed by atoms with van der Waals surface area (Å²) < 4.78 is 17.2. The molecule has 1 aliphatic carbocycles. The van der Waals surface area contributed by atoms with Crippen LogP contribution in [0.5, 0.6) is 5.75 Å². The van der Waals surface area contributed by atoms with Gasteiger partial charge in [0.05, 0.1) is 25.9 Å². The van der Waals surface area contributed by atoms with Gasteiger partial charge in [-0.15, -0.1) is 0 Å². The van der Waals surface area contributed by atoms with Gasteiger partial charge < -0.3 is 14.2 Å². The number of ether oxygens (including phenoxy) is 3. The van der Waals surface area contributed by atoms with Crippen molar-refractivity contribution in [3.05, 3.63) is 29.8 Å². The maximum absolute atomic E-state index is 5.98. The Morgan fingerprint density at radius 3 is 2.76 bits per heavy atom. The fourth-order valence-corrected chi connectivity index (χ4v) is 3.54. The van der Waals surface area contributed by atoms with Crippen molar-refractivity contribution >= 4 is 0 Å². The minimum absolute atomic E-state index is 0.232. The van der Waals surface area contributed by atoms with Gasteiger partial charge in [0.25, 0.3) is 0 Å². The third-order valence-electron chi connectivity index (χ3n) is 4.58. The normalized spacial score (nSPS) is 29.3. The van der Waals surface area contributed by atoms with Gasteiger partial charge in [-0.1, -0.05) is 12.1 Å². The average Bonchev–Trinajstić information content (AvgIpc) is 2.81. The Bertz CT molecular complexity index is 448. The number of fused-ring (bicyclic) bond motifs is 2. The van der Waals surface area contributed by atoms with Crippen molar-refractivity contribution in [1.82, 2.24) is 4.90 Å². The summed E-state index contributed by atoms with van der Waals surface area (Å²) in [6.45, 7) is 5.57. The second kappa shape index (κ2) is 6.77. The molecule has 0 radical (unpaired) electrons. The maximum Gasteiger partial charge on any atom is 0.118 e. The standard InChI is InChI=1S/C17H25NO3/c1-3-20-17-15-8-9-16(17)21-11-10-18(15)12-13-4-6-14(19-2)7-5-13/h4-7,15-17H,3,8-12H2,1-2H3. The molecule has 2 fully saturated rings. The summed E-state index contributed by atoms with van der Waals surface area (Å²) in [4.78, 5) is 2.52. The molecule has 2 aliphatic rings. The summed E-state index contributed by atoms with van der Waals surface area (Å²) in [5.41, 5.74) is 1.32. The summed E-state index contributed by atoms with van der Waals surface area (Å²) in [5.74, 6) is 0.908. The molecule has 1 saturated heterocycles. The van der Waals surface area contributed by atoms with Crippen LogP contribution >= 0.6 is 0 Å². The lowest BCUT2D eigenvalue weighted by molar-refractivity contribution is -0.0498. The molecule has 0 amide bonds. The number of hydrogen-bond acceptors (Lipinski definition) is 4. The Kier molecular flexibility index (Phi) is 4.78. The topological polar surface area (TPSA) is 30.9 Å². The fourth-order valence-electron chi connectivity index (χ4n) is 3.54. The van der Waals surface area contributed by atoms with Gasteiger partial charge >= 0.3 is 0 Å². The van der Waals surface area contributed by atoms with E-state index in [4.69, 9.17) is 14.2 Å². The highest BCUT2D eigenvalue weighted by Crippen LogP contribution is 2.32. The molecule has 1 saturated carbocycles. The van der Waals surface area contributed by atoms with Crippen molar-refractivity contribution in [3.8, 4) is 5.75 Å². The summed E-state index contributed by atoms with van der Waals surface area (Å²) in [6, 6.07) is 8.83. The minimum atomic E-state index is 0.232. The van der Waals surface area contributed by atoms with E-state index < -0.39 is 0 Å². The monoisotopic (exact) mass is 291 g/mol. The molecule has 4 nitrogen and oxygen atoms in total. The van der Waals surface area contributed by atoms with Crippen molar-refractivity contribution in [1.29, 1.82) is 0 Å². The molecule has 2 bridgehead atoms. The summed E-state index contributed by atoms with van der Waals surface area (Å²) >= 11 is 0. The third-order valence-corrected chi connectivity index (χ3v) is 4.58. The molecule has 1 aromatic carbocycles. The van der Waals surface area contributed by atoms with Crippen LogP contribution in [0.4, 0.5) is 0 Å². The number of benzene rings is 1. The highest BCUT2D eigenvalue weighted by atomic mass is 16.5. The molecule has 1 aromatic rings. The summed E-state index contributed by atoms with van der Waals surface area (Å²) in [6.07, 6.45) is 2.81. The third kappa shape index (κ3) is 3.23. The Morgan fingerprint density at radius 2 is 2.05 bits per heavy atom. The molecular weight excluding hydrogens is 266 g/mol. The molecular formula is C17H25NO3. The van der Waals surface area contributed by atoms with E-state index in [0.717, 1.165) is 38.5 Å². The first kappa shape index (κ1) is 14.8. The van der Waals surface area contributed by atoms with Gasteiger partial charge in [-0.3, -0.25) is 4.90 Å². The van der Waals surface area contributed by atoms with E-state index in [1.807, 2.05) is 12.1 Å². The first-order chi connectivity index (χ1) is 10.3. The van der Waals surface area contributed by atoms with Gasteiger partial charge in [-0.2, -0.15) is 0 Å². The molecule has 0 N–H and O–H groups in total. The smallest absolute Gasteiger partial charge is 0.118 e. The van der Waals surface area contributed by atoms with Crippen molar-refractivity contribution in [2.24, 2.45) is 0 Å². The lowest BCUT2D eigenvalue weighted by Gasteiger charge is -2.31. The van der Waals surface area contributed by atoms with Crippen LogP contribution in [0.1, 0.15) is 25.3 Å². The Morgan fingerprint density at radius 1 is 1.24 bits per heavy atom. The van der Waals surface area contributed by atoms with Crippen LogP contribution < -0.4 is 4.74 Å². The number of rotatable bonds is 5. The highest BCUT2D eigenvalue weighted by Gasteiger charge is 2.42. The quantitative estimate of drug-likeness (QED) is 0.834. The van der Waals surface area contributed by atoms with Gasteiger partial charge in [0.2, 0.25) is 0 Å².